The molecule has 0 fully saturated rings. The SMILES string of the molecule is C.C.C.C.C.C.CCC(C)(C)C.CCC(C)(C)C.CCC(C)(C)C(=O)OCO. The first-order valence-corrected chi connectivity index (χ1v) is 8.45. The molecular weight excluding hydrogens is 348 g/mol. The standard InChI is InChI=1S/C7H14O3.2C6H14.6CH4/c1-4-7(2,3)6(9)10-5-8;2*1-5-6(2,3)4;;;;;;/h8H,4-5H2,1-3H3;2*5H2,1-4H3;6*1H4. The van der Waals surface area contributed by atoms with Gasteiger partial charge in [-0.25, -0.2) is 0 Å². The van der Waals surface area contributed by atoms with E-state index in [4.69, 9.17) is 5.11 Å². The highest BCUT2D eigenvalue weighted by molar-refractivity contribution is 5.75. The van der Waals surface area contributed by atoms with Gasteiger partial charge in [-0.2, -0.15) is 0 Å². The Kier molecular flexibility index (Phi) is 53.2. The Morgan fingerprint density at radius 3 is 0.964 bits per heavy atom. The predicted molar refractivity (Wildman–Crippen MR) is 137 cm³/mol. The van der Waals surface area contributed by atoms with E-state index in [9.17, 15) is 4.79 Å². The van der Waals surface area contributed by atoms with Crippen molar-refractivity contribution in [3.05, 3.63) is 0 Å². The fraction of sp³-hybridized carbons (Fsp3) is 0.960. The van der Waals surface area contributed by atoms with Gasteiger partial charge < -0.3 is 9.84 Å². The Balaban J connectivity index is -0.0000000259. The number of rotatable bonds is 3. The third-order valence-electron chi connectivity index (χ3n) is 3.75. The van der Waals surface area contributed by atoms with E-state index in [1.807, 2.05) is 6.92 Å². The molecule has 0 heterocycles. The first-order valence-electron chi connectivity index (χ1n) is 8.45. The largest absolute Gasteiger partial charge is 0.438 e. The van der Waals surface area contributed by atoms with Gasteiger partial charge in [-0.05, 0) is 31.1 Å². The first kappa shape index (κ1) is 56.4. The molecule has 0 amide bonds. The molecule has 3 heteroatoms. The minimum atomic E-state index is -0.526. The van der Waals surface area contributed by atoms with E-state index in [-0.39, 0.29) is 50.5 Å². The maximum absolute atomic E-state index is 10.9. The van der Waals surface area contributed by atoms with Crippen LogP contribution in [0.2, 0.25) is 0 Å². The van der Waals surface area contributed by atoms with Crippen LogP contribution >= 0.6 is 0 Å². The van der Waals surface area contributed by atoms with Crippen LogP contribution in [0.15, 0.2) is 0 Å². The molecule has 0 atom stereocenters. The Morgan fingerprint density at radius 2 is 0.857 bits per heavy atom. The highest BCUT2D eigenvalue weighted by Gasteiger charge is 2.26. The van der Waals surface area contributed by atoms with Gasteiger partial charge >= 0.3 is 5.97 Å². The summed E-state index contributed by atoms with van der Waals surface area (Å²) in [5.74, 6) is -0.350. The lowest BCUT2D eigenvalue weighted by Crippen LogP contribution is -2.25. The highest BCUT2D eigenvalue weighted by atomic mass is 16.6. The topological polar surface area (TPSA) is 46.5 Å². The molecular formula is C25H66O3. The van der Waals surface area contributed by atoms with E-state index in [1.165, 1.54) is 12.8 Å². The van der Waals surface area contributed by atoms with Crippen molar-refractivity contribution < 1.29 is 14.6 Å². The predicted octanol–water partition coefficient (Wildman–Crippen LogP) is 9.62. The molecule has 0 aliphatic carbocycles. The molecule has 0 unspecified atom stereocenters. The average Bonchev–Trinajstić information content (AvgIpc) is 2.38. The fourth-order valence-electron chi connectivity index (χ4n) is 0.398. The van der Waals surface area contributed by atoms with Crippen LogP contribution in [0.3, 0.4) is 0 Å². The van der Waals surface area contributed by atoms with Crippen LogP contribution in [0.5, 0.6) is 0 Å². The summed E-state index contributed by atoms with van der Waals surface area (Å²) >= 11 is 0. The van der Waals surface area contributed by atoms with Crippen molar-refractivity contribution in [2.75, 3.05) is 6.79 Å². The van der Waals surface area contributed by atoms with Crippen molar-refractivity contribution in [2.24, 2.45) is 16.2 Å². The van der Waals surface area contributed by atoms with Gasteiger partial charge in [-0.3, -0.25) is 4.79 Å². The minimum Gasteiger partial charge on any atom is -0.438 e. The maximum atomic E-state index is 10.9. The molecule has 28 heavy (non-hydrogen) atoms. The van der Waals surface area contributed by atoms with E-state index in [0.29, 0.717) is 17.3 Å². The minimum absolute atomic E-state index is 0. The number of carbonyl (C=O) groups is 1. The second-order valence-corrected chi connectivity index (χ2v) is 8.63. The molecule has 0 aromatic rings. The summed E-state index contributed by atoms with van der Waals surface area (Å²) in [6.07, 6.45) is 3.26. The Morgan fingerprint density at radius 1 is 0.643 bits per heavy atom. The molecule has 3 nitrogen and oxygen atoms in total. The number of aliphatic hydroxyl groups excluding tert-OH is 1. The van der Waals surface area contributed by atoms with Gasteiger partial charge in [0.1, 0.15) is 0 Å². The Labute approximate surface area is 184 Å². The van der Waals surface area contributed by atoms with E-state index in [1.54, 1.807) is 13.8 Å². The molecule has 0 aromatic heterocycles. The van der Waals surface area contributed by atoms with Crippen LogP contribution < -0.4 is 0 Å². The van der Waals surface area contributed by atoms with Crippen LogP contribution in [-0.2, 0) is 9.53 Å². The zero-order valence-electron chi connectivity index (χ0n) is 17.1. The van der Waals surface area contributed by atoms with Gasteiger partial charge in [0.25, 0.3) is 0 Å². The second-order valence-electron chi connectivity index (χ2n) is 8.63. The maximum Gasteiger partial charge on any atom is 0.313 e. The lowest BCUT2D eigenvalue weighted by molar-refractivity contribution is -0.162. The summed E-state index contributed by atoms with van der Waals surface area (Å²) in [5, 5.41) is 8.25. The summed E-state index contributed by atoms with van der Waals surface area (Å²) in [7, 11) is 0. The summed E-state index contributed by atoms with van der Waals surface area (Å²) in [4.78, 5) is 10.9. The van der Waals surface area contributed by atoms with Crippen molar-refractivity contribution in [2.45, 2.75) is 140 Å². The monoisotopic (exact) mass is 415 g/mol. The number of ether oxygens (including phenoxy) is 1. The molecule has 0 aliphatic heterocycles. The van der Waals surface area contributed by atoms with Crippen LogP contribution in [0.1, 0.15) is 140 Å². The molecule has 0 bridgehead atoms. The molecule has 0 aliphatic rings. The number of carbonyl (C=O) groups excluding carboxylic acids is 1. The number of esters is 1. The molecule has 184 valence electrons. The van der Waals surface area contributed by atoms with Crippen molar-refractivity contribution in [1.82, 2.24) is 0 Å². The molecule has 0 aromatic carbocycles. The number of aliphatic hydroxyl groups is 1. The van der Waals surface area contributed by atoms with Gasteiger partial charge in [-0.15, -0.1) is 0 Å². The van der Waals surface area contributed by atoms with E-state index in [0.717, 1.165) is 0 Å². The summed E-state index contributed by atoms with van der Waals surface area (Å²) in [6, 6.07) is 0. The zero-order chi connectivity index (χ0) is 18.6. The molecule has 0 rings (SSSR count). The lowest BCUT2D eigenvalue weighted by atomic mass is 9.91. The highest BCUT2D eigenvalue weighted by Crippen LogP contribution is 2.21. The number of hydrogen-bond donors (Lipinski definition) is 1. The van der Waals surface area contributed by atoms with Gasteiger partial charge in [0.2, 0.25) is 0 Å². The second kappa shape index (κ2) is 26.4. The third-order valence-corrected chi connectivity index (χ3v) is 3.75. The Bertz CT molecular complexity index is 254. The van der Waals surface area contributed by atoms with Gasteiger partial charge in [0, 0.05) is 0 Å². The van der Waals surface area contributed by atoms with Crippen LogP contribution in [0.25, 0.3) is 0 Å². The zero-order valence-corrected chi connectivity index (χ0v) is 17.1. The summed E-state index contributed by atoms with van der Waals surface area (Å²) in [6.45, 7) is 22.8. The third kappa shape index (κ3) is 50.0. The molecule has 0 spiro atoms. The van der Waals surface area contributed by atoms with Crippen molar-refractivity contribution in [3.63, 3.8) is 0 Å². The summed E-state index contributed by atoms with van der Waals surface area (Å²) < 4.78 is 4.41. The molecule has 1 N–H and O–H groups in total. The van der Waals surface area contributed by atoms with Crippen molar-refractivity contribution in [3.8, 4) is 0 Å². The van der Waals surface area contributed by atoms with Crippen molar-refractivity contribution >= 4 is 5.97 Å². The molecule has 0 saturated heterocycles. The summed E-state index contributed by atoms with van der Waals surface area (Å²) in [5.41, 5.74) is 0.614. The lowest BCUT2D eigenvalue weighted by Gasteiger charge is -2.18. The van der Waals surface area contributed by atoms with Gasteiger partial charge in [-0.1, -0.05) is 120 Å². The molecule has 0 radical (unpaired) electrons. The van der Waals surface area contributed by atoms with Crippen LogP contribution in [0, 0.1) is 16.2 Å². The Hall–Kier alpha value is -0.570. The smallest absolute Gasteiger partial charge is 0.313 e. The quantitative estimate of drug-likeness (QED) is 0.369. The number of hydrogen-bond acceptors (Lipinski definition) is 3. The first-order chi connectivity index (χ1) is 9.66. The molecule has 0 saturated carbocycles. The fourth-order valence-corrected chi connectivity index (χ4v) is 0.398. The normalized spacial score (nSPS) is 9.14. The van der Waals surface area contributed by atoms with E-state index >= 15 is 0 Å². The van der Waals surface area contributed by atoms with Gasteiger partial charge in [0.05, 0.1) is 5.41 Å². The van der Waals surface area contributed by atoms with Crippen LogP contribution in [0.4, 0.5) is 0 Å². The van der Waals surface area contributed by atoms with E-state index < -0.39 is 12.2 Å². The van der Waals surface area contributed by atoms with Crippen molar-refractivity contribution in [1.29, 1.82) is 0 Å². The average molecular weight is 415 g/mol. The van der Waals surface area contributed by atoms with Crippen LogP contribution in [-0.4, -0.2) is 17.9 Å². The van der Waals surface area contributed by atoms with E-state index in [2.05, 4.69) is 60.1 Å². The van der Waals surface area contributed by atoms with Gasteiger partial charge in [0.15, 0.2) is 6.79 Å².